The SMILES string of the molecule is O=C1CC(c2ccc(F)cc2)SCCN1. The molecular weight excluding hydrogens is 213 g/mol. The third-order valence-electron chi connectivity index (χ3n) is 2.36. The Morgan fingerprint density at radius 1 is 1.33 bits per heavy atom. The average molecular weight is 225 g/mol. The predicted molar refractivity (Wildman–Crippen MR) is 59.2 cm³/mol. The van der Waals surface area contributed by atoms with E-state index < -0.39 is 0 Å². The van der Waals surface area contributed by atoms with E-state index in [1.54, 1.807) is 23.9 Å². The fraction of sp³-hybridized carbons (Fsp3) is 0.364. The van der Waals surface area contributed by atoms with Crippen molar-refractivity contribution in [2.45, 2.75) is 11.7 Å². The first-order chi connectivity index (χ1) is 7.25. The lowest BCUT2D eigenvalue weighted by Crippen LogP contribution is -2.23. The first-order valence-electron chi connectivity index (χ1n) is 4.89. The zero-order valence-electron chi connectivity index (χ0n) is 8.20. The number of thioether (sulfide) groups is 1. The fourth-order valence-electron chi connectivity index (χ4n) is 1.58. The summed E-state index contributed by atoms with van der Waals surface area (Å²) in [4.78, 5) is 11.3. The van der Waals surface area contributed by atoms with Gasteiger partial charge in [-0.05, 0) is 17.7 Å². The molecule has 1 N–H and O–H groups in total. The Morgan fingerprint density at radius 3 is 2.80 bits per heavy atom. The Hall–Kier alpha value is -1.03. The summed E-state index contributed by atoms with van der Waals surface area (Å²) in [6, 6.07) is 6.40. The molecule has 2 nitrogen and oxygen atoms in total. The lowest BCUT2D eigenvalue weighted by atomic mass is 10.1. The van der Waals surface area contributed by atoms with Crippen LogP contribution in [0.4, 0.5) is 4.39 Å². The number of carbonyl (C=O) groups is 1. The van der Waals surface area contributed by atoms with Crippen molar-refractivity contribution in [3.63, 3.8) is 0 Å². The van der Waals surface area contributed by atoms with Crippen LogP contribution in [0.5, 0.6) is 0 Å². The minimum Gasteiger partial charge on any atom is -0.355 e. The number of halogens is 1. The monoisotopic (exact) mass is 225 g/mol. The van der Waals surface area contributed by atoms with Gasteiger partial charge in [0.2, 0.25) is 5.91 Å². The van der Waals surface area contributed by atoms with Crippen LogP contribution in [0.2, 0.25) is 0 Å². The molecule has 1 atom stereocenters. The molecule has 0 bridgehead atoms. The molecule has 0 spiro atoms. The minimum absolute atomic E-state index is 0.0781. The van der Waals surface area contributed by atoms with E-state index in [0.29, 0.717) is 6.42 Å². The van der Waals surface area contributed by atoms with E-state index in [9.17, 15) is 9.18 Å². The summed E-state index contributed by atoms with van der Waals surface area (Å²) < 4.78 is 12.7. The van der Waals surface area contributed by atoms with Crippen LogP contribution in [-0.2, 0) is 4.79 Å². The van der Waals surface area contributed by atoms with Gasteiger partial charge < -0.3 is 5.32 Å². The van der Waals surface area contributed by atoms with E-state index in [1.165, 1.54) is 12.1 Å². The van der Waals surface area contributed by atoms with E-state index in [1.807, 2.05) is 0 Å². The minimum atomic E-state index is -0.234. The van der Waals surface area contributed by atoms with Gasteiger partial charge in [0, 0.05) is 24.0 Å². The van der Waals surface area contributed by atoms with Gasteiger partial charge in [-0.2, -0.15) is 11.8 Å². The molecule has 1 aliphatic rings. The first kappa shape index (κ1) is 10.5. The maximum absolute atomic E-state index is 12.7. The van der Waals surface area contributed by atoms with Crippen molar-refractivity contribution in [2.75, 3.05) is 12.3 Å². The second-order valence-electron chi connectivity index (χ2n) is 3.47. The van der Waals surface area contributed by atoms with Crippen molar-refractivity contribution in [3.8, 4) is 0 Å². The molecule has 1 fully saturated rings. The van der Waals surface area contributed by atoms with Crippen molar-refractivity contribution in [1.29, 1.82) is 0 Å². The second-order valence-corrected chi connectivity index (χ2v) is 4.78. The molecule has 1 aliphatic heterocycles. The molecule has 1 heterocycles. The highest BCUT2D eigenvalue weighted by Crippen LogP contribution is 2.32. The number of hydrogen-bond donors (Lipinski definition) is 1. The molecule has 0 radical (unpaired) electrons. The van der Waals surface area contributed by atoms with E-state index in [4.69, 9.17) is 0 Å². The zero-order chi connectivity index (χ0) is 10.7. The van der Waals surface area contributed by atoms with Crippen molar-refractivity contribution in [1.82, 2.24) is 5.32 Å². The number of hydrogen-bond acceptors (Lipinski definition) is 2. The summed E-state index contributed by atoms with van der Waals surface area (Å²) in [6.45, 7) is 0.723. The quantitative estimate of drug-likeness (QED) is 0.793. The van der Waals surface area contributed by atoms with Gasteiger partial charge in [0.1, 0.15) is 5.82 Å². The van der Waals surface area contributed by atoms with Crippen LogP contribution in [0.15, 0.2) is 24.3 Å². The standard InChI is InChI=1S/C11H12FNOS/c12-9-3-1-8(2-4-9)10-7-11(14)13-5-6-15-10/h1-4,10H,5-7H2,(H,13,14). The molecule has 0 saturated carbocycles. The van der Waals surface area contributed by atoms with Crippen LogP contribution in [0, 0.1) is 5.82 Å². The molecule has 0 aliphatic carbocycles. The van der Waals surface area contributed by atoms with Crippen LogP contribution in [0.1, 0.15) is 17.2 Å². The molecule has 0 aromatic heterocycles. The van der Waals surface area contributed by atoms with Crippen LogP contribution in [0.25, 0.3) is 0 Å². The van der Waals surface area contributed by atoms with Crippen molar-refractivity contribution in [2.24, 2.45) is 0 Å². The van der Waals surface area contributed by atoms with E-state index in [2.05, 4.69) is 5.32 Å². The van der Waals surface area contributed by atoms with Gasteiger partial charge in [-0.25, -0.2) is 4.39 Å². The normalized spacial score (nSPS) is 21.9. The highest BCUT2D eigenvalue weighted by molar-refractivity contribution is 7.99. The Morgan fingerprint density at radius 2 is 2.07 bits per heavy atom. The summed E-state index contributed by atoms with van der Waals surface area (Å²) in [5, 5.41) is 2.98. The Labute approximate surface area is 92.3 Å². The third-order valence-corrected chi connectivity index (χ3v) is 3.64. The van der Waals surface area contributed by atoms with Gasteiger partial charge in [0.15, 0.2) is 0 Å². The van der Waals surface area contributed by atoms with Crippen LogP contribution >= 0.6 is 11.8 Å². The van der Waals surface area contributed by atoms with Gasteiger partial charge in [-0.1, -0.05) is 12.1 Å². The van der Waals surface area contributed by atoms with E-state index >= 15 is 0 Å². The smallest absolute Gasteiger partial charge is 0.221 e. The molecule has 1 unspecified atom stereocenters. The van der Waals surface area contributed by atoms with Gasteiger partial charge in [0.25, 0.3) is 0 Å². The number of nitrogens with one attached hydrogen (secondary N) is 1. The summed E-state index contributed by atoms with van der Waals surface area (Å²) >= 11 is 1.74. The van der Waals surface area contributed by atoms with Gasteiger partial charge in [-0.15, -0.1) is 0 Å². The van der Waals surface area contributed by atoms with Gasteiger partial charge in [0.05, 0.1) is 0 Å². The third kappa shape index (κ3) is 2.72. The van der Waals surface area contributed by atoms with Crippen LogP contribution < -0.4 is 5.32 Å². The maximum Gasteiger partial charge on any atom is 0.221 e. The van der Waals surface area contributed by atoms with Crippen molar-refractivity contribution >= 4 is 17.7 Å². The Balaban J connectivity index is 2.14. The molecule has 1 saturated heterocycles. The lowest BCUT2D eigenvalue weighted by Gasteiger charge is -2.12. The average Bonchev–Trinajstić information content (AvgIpc) is 2.44. The summed E-state index contributed by atoms with van der Waals surface area (Å²) in [5.41, 5.74) is 1.03. The lowest BCUT2D eigenvalue weighted by molar-refractivity contribution is -0.120. The molecule has 2 rings (SSSR count). The van der Waals surface area contributed by atoms with Crippen LogP contribution in [-0.4, -0.2) is 18.2 Å². The Bertz CT molecular complexity index is 352. The molecule has 1 aromatic carbocycles. The maximum atomic E-state index is 12.7. The van der Waals surface area contributed by atoms with E-state index in [-0.39, 0.29) is 17.0 Å². The predicted octanol–water partition coefficient (Wildman–Crippen LogP) is 2.12. The zero-order valence-corrected chi connectivity index (χ0v) is 9.02. The summed E-state index contributed by atoms with van der Waals surface area (Å²) in [5.74, 6) is 0.754. The molecule has 15 heavy (non-hydrogen) atoms. The number of amides is 1. The van der Waals surface area contributed by atoms with Crippen LogP contribution in [0.3, 0.4) is 0 Å². The Kier molecular flexibility index (Phi) is 3.26. The molecule has 80 valence electrons. The fourth-order valence-corrected chi connectivity index (χ4v) is 2.71. The van der Waals surface area contributed by atoms with Gasteiger partial charge >= 0.3 is 0 Å². The largest absolute Gasteiger partial charge is 0.355 e. The number of benzene rings is 1. The molecular formula is C11H12FNOS. The molecule has 1 amide bonds. The number of rotatable bonds is 1. The van der Waals surface area contributed by atoms with Crippen molar-refractivity contribution in [3.05, 3.63) is 35.6 Å². The molecule has 4 heteroatoms. The molecule has 1 aromatic rings. The van der Waals surface area contributed by atoms with Crippen molar-refractivity contribution < 1.29 is 9.18 Å². The highest BCUT2D eigenvalue weighted by Gasteiger charge is 2.19. The topological polar surface area (TPSA) is 29.1 Å². The van der Waals surface area contributed by atoms with Gasteiger partial charge in [-0.3, -0.25) is 4.79 Å². The summed E-state index contributed by atoms with van der Waals surface area (Å²) in [6.07, 6.45) is 0.482. The van der Waals surface area contributed by atoms with E-state index in [0.717, 1.165) is 17.9 Å². The first-order valence-corrected chi connectivity index (χ1v) is 5.94. The second kappa shape index (κ2) is 4.66. The number of carbonyl (C=O) groups excluding carboxylic acids is 1. The highest BCUT2D eigenvalue weighted by atomic mass is 32.2. The summed E-state index contributed by atoms with van der Waals surface area (Å²) in [7, 11) is 0.